The second-order valence-corrected chi connectivity index (χ2v) is 7.32. The Morgan fingerprint density at radius 3 is 2.85 bits per heavy atom. The van der Waals surface area contributed by atoms with Crippen LogP contribution in [0.5, 0.6) is 5.75 Å². The molecular weight excluding hydrogens is 416 g/mol. The molecule has 26 heavy (non-hydrogen) atoms. The molecule has 8 heteroatoms. The Morgan fingerprint density at radius 2 is 2.08 bits per heavy atom. The van der Waals surface area contributed by atoms with Crippen LogP contribution in [0.25, 0.3) is 0 Å². The smallest absolute Gasteiger partial charge is 0.234 e. The Bertz CT molecular complexity index is 886. The monoisotopic (exact) mass is 432 g/mol. The van der Waals surface area contributed by atoms with Crippen molar-refractivity contribution >= 4 is 39.3 Å². The molecule has 2 aromatic carbocycles. The number of anilines is 1. The molecule has 134 valence electrons. The van der Waals surface area contributed by atoms with Crippen LogP contribution in [-0.4, -0.2) is 26.8 Å². The zero-order valence-electron chi connectivity index (χ0n) is 14.0. The van der Waals surface area contributed by atoms with E-state index < -0.39 is 0 Å². The van der Waals surface area contributed by atoms with E-state index >= 15 is 0 Å². The number of aryl methyl sites for hydroxylation is 1. The number of benzene rings is 2. The van der Waals surface area contributed by atoms with Crippen molar-refractivity contribution in [2.45, 2.75) is 18.7 Å². The summed E-state index contributed by atoms with van der Waals surface area (Å²) in [7, 11) is 0. The van der Waals surface area contributed by atoms with E-state index in [1.165, 1.54) is 11.8 Å². The van der Waals surface area contributed by atoms with Gasteiger partial charge in [-0.2, -0.15) is 0 Å². The number of amides is 1. The minimum Gasteiger partial charge on any atom is -0.486 e. The molecule has 0 spiro atoms. The van der Waals surface area contributed by atoms with E-state index in [1.54, 1.807) is 0 Å². The highest BCUT2D eigenvalue weighted by atomic mass is 79.9. The highest BCUT2D eigenvalue weighted by molar-refractivity contribution is 9.10. The number of para-hydroxylation sites is 1. The third kappa shape index (κ3) is 5.34. The Kier molecular flexibility index (Phi) is 6.30. The fourth-order valence-electron chi connectivity index (χ4n) is 2.16. The summed E-state index contributed by atoms with van der Waals surface area (Å²) in [5.74, 6) is 1.50. The number of thioether (sulfide) groups is 1. The largest absolute Gasteiger partial charge is 0.486 e. The topological polar surface area (TPSA) is 79.9 Å². The second-order valence-electron chi connectivity index (χ2n) is 5.46. The molecule has 6 nitrogen and oxygen atoms in total. The van der Waals surface area contributed by atoms with Crippen LogP contribution in [0, 0.1) is 6.92 Å². The average molecular weight is 433 g/mol. The minimum absolute atomic E-state index is 0.104. The molecule has 0 aliphatic heterocycles. The predicted molar refractivity (Wildman–Crippen MR) is 105 cm³/mol. The van der Waals surface area contributed by atoms with Gasteiger partial charge in [-0.3, -0.25) is 9.89 Å². The summed E-state index contributed by atoms with van der Waals surface area (Å²) < 4.78 is 6.59. The van der Waals surface area contributed by atoms with E-state index in [0.717, 1.165) is 21.5 Å². The normalized spacial score (nSPS) is 10.5. The lowest BCUT2D eigenvalue weighted by atomic mass is 10.2. The van der Waals surface area contributed by atoms with Crippen molar-refractivity contribution in [2.24, 2.45) is 0 Å². The number of carbonyl (C=O) groups excluding carboxylic acids is 1. The summed E-state index contributed by atoms with van der Waals surface area (Å²) in [5, 5.41) is 10.3. The van der Waals surface area contributed by atoms with Crippen LogP contribution in [0.2, 0.25) is 0 Å². The molecule has 0 aliphatic rings. The van der Waals surface area contributed by atoms with Gasteiger partial charge in [0.1, 0.15) is 12.4 Å². The Morgan fingerprint density at radius 1 is 1.27 bits per heavy atom. The lowest BCUT2D eigenvalue weighted by Gasteiger charge is -2.07. The first-order valence-electron chi connectivity index (χ1n) is 7.88. The van der Waals surface area contributed by atoms with Crippen molar-refractivity contribution in [1.82, 2.24) is 15.2 Å². The molecular formula is C18H17BrN4O2S. The molecule has 0 unspecified atom stereocenters. The van der Waals surface area contributed by atoms with E-state index in [-0.39, 0.29) is 11.7 Å². The average Bonchev–Trinajstić information content (AvgIpc) is 3.09. The molecule has 3 aromatic rings. The molecule has 0 radical (unpaired) electrons. The number of hydrogen-bond donors (Lipinski definition) is 2. The van der Waals surface area contributed by atoms with E-state index in [0.29, 0.717) is 17.6 Å². The van der Waals surface area contributed by atoms with Crippen LogP contribution in [0.1, 0.15) is 11.4 Å². The van der Waals surface area contributed by atoms with Crippen molar-refractivity contribution in [3.8, 4) is 5.75 Å². The van der Waals surface area contributed by atoms with Crippen LogP contribution in [-0.2, 0) is 11.4 Å². The Balaban J connectivity index is 1.47. The van der Waals surface area contributed by atoms with Crippen LogP contribution in [0.4, 0.5) is 5.69 Å². The molecule has 0 saturated heterocycles. The van der Waals surface area contributed by atoms with Gasteiger partial charge >= 0.3 is 0 Å². The van der Waals surface area contributed by atoms with Crippen LogP contribution >= 0.6 is 27.7 Å². The second kappa shape index (κ2) is 8.86. The first-order chi connectivity index (χ1) is 12.6. The van der Waals surface area contributed by atoms with Gasteiger partial charge in [-0.05, 0) is 42.8 Å². The van der Waals surface area contributed by atoms with Crippen molar-refractivity contribution < 1.29 is 9.53 Å². The van der Waals surface area contributed by atoms with Crippen molar-refractivity contribution in [2.75, 3.05) is 11.1 Å². The van der Waals surface area contributed by atoms with Crippen LogP contribution in [0.15, 0.2) is 58.2 Å². The third-order valence-electron chi connectivity index (χ3n) is 3.42. The number of aromatic amines is 1. The molecule has 0 bridgehead atoms. The van der Waals surface area contributed by atoms with Gasteiger partial charge in [0.15, 0.2) is 5.82 Å². The van der Waals surface area contributed by atoms with Crippen molar-refractivity contribution in [3.63, 3.8) is 0 Å². The van der Waals surface area contributed by atoms with Crippen LogP contribution in [0.3, 0.4) is 0 Å². The number of H-pyrrole nitrogens is 1. The first-order valence-corrected chi connectivity index (χ1v) is 9.66. The van der Waals surface area contributed by atoms with Crippen molar-refractivity contribution in [3.05, 3.63) is 64.4 Å². The maximum atomic E-state index is 12.1. The summed E-state index contributed by atoms with van der Waals surface area (Å²) in [6, 6.07) is 15.2. The van der Waals surface area contributed by atoms with Gasteiger partial charge in [0.2, 0.25) is 11.1 Å². The third-order valence-corrected chi connectivity index (χ3v) is 4.77. The molecule has 2 N–H and O–H groups in total. The van der Waals surface area contributed by atoms with E-state index in [9.17, 15) is 4.79 Å². The summed E-state index contributed by atoms with van der Waals surface area (Å²) >= 11 is 4.68. The fraction of sp³-hybridized carbons (Fsp3) is 0.167. The summed E-state index contributed by atoms with van der Waals surface area (Å²) in [5.41, 5.74) is 1.79. The Labute approximate surface area is 163 Å². The predicted octanol–water partition coefficient (Wildman–Crippen LogP) is 4.19. The maximum Gasteiger partial charge on any atom is 0.234 e. The zero-order chi connectivity index (χ0) is 18.4. The summed E-state index contributed by atoms with van der Waals surface area (Å²) in [6.07, 6.45) is 0. The molecule has 0 fully saturated rings. The quantitative estimate of drug-likeness (QED) is 0.547. The van der Waals surface area contributed by atoms with Gasteiger partial charge in [0.25, 0.3) is 0 Å². The number of aromatic nitrogens is 3. The number of halogens is 1. The summed E-state index contributed by atoms with van der Waals surface area (Å²) in [6.45, 7) is 2.24. The Hall–Kier alpha value is -2.32. The molecule has 1 aromatic heterocycles. The van der Waals surface area contributed by atoms with Gasteiger partial charge in [-0.25, -0.2) is 4.98 Å². The first kappa shape index (κ1) is 18.5. The highest BCUT2D eigenvalue weighted by Gasteiger charge is 2.09. The van der Waals surface area contributed by atoms with Gasteiger partial charge in [0.05, 0.1) is 5.75 Å². The van der Waals surface area contributed by atoms with Crippen LogP contribution < -0.4 is 10.1 Å². The van der Waals surface area contributed by atoms with E-state index in [2.05, 4.69) is 36.4 Å². The number of carbonyl (C=O) groups is 1. The lowest BCUT2D eigenvalue weighted by Crippen LogP contribution is -2.14. The fourth-order valence-corrected chi connectivity index (χ4v) is 3.25. The van der Waals surface area contributed by atoms with Gasteiger partial charge in [0, 0.05) is 10.2 Å². The standard InChI is InChI=1S/C18H17BrN4O2S/c1-12-9-13(19)7-8-15(12)20-17(24)11-26-18-21-16(22-23-18)10-25-14-5-3-2-4-6-14/h2-9H,10-11H2,1H3,(H,20,24)(H,21,22,23). The zero-order valence-corrected chi connectivity index (χ0v) is 16.4. The molecule has 1 heterocycles. The number of nitrogens with one attached hydrogen (secondary N) is 2. The molecule has 0 atom stereocenters. The van der Waals surface area contributed by atoms with Gasteiger partial charge in [-0.15, -0.1) is 5.10 Å². The SMILES string of the molecule is Cc1cc(Br)ccc1NC(=O)CSc1n[nH]c(COc2ccccc2)n1. The molecule has 1 amide bonds. The van der Waals surface area contributed by atoms with E-state index in [1.807, 2.05) is 55.5 Å². The summed E-state index contributed by atoms with van der Waals surface area (Å²) in [4.78, 5) is 16.4. The molecule has 0 saturated carbocycles. The maximum absolute atomic E-state index is 12.1. The van der Waals surface area contributed by atoms with Gasteiger partial charge in [-0.1, -0.05) is 45.9 Å². The lowest BCUT2D eigenvalue weighted by molar-refractivity contribution is -0.113. The number of nitrogens with zero attached hydrogens (tertiary/aromatic N) is 2. The van der Waals surface area contributed by atoms with E-state index in [4.69, 9.17) is 4.74 Å². The number of ether oxygens (including phenoxy) is 1. The molecule has 0 aliphatic carbocycles. The minimum atomic E-state index is -0.104. The van der Waals surface area contributed by atoms with Gasteiger partial charge < -0.3 is 10.1 Å². The molecule has 3 rings (SSSR count). The number of hydrogen-bond acceptors (Lipinski definition) is 5. The number of rotatable bonds is 7. The highest BCUT2D eigenvalue weighted by Crippen LogP contribution is 2.21. The van der Waals surface area contributed by atoms with Crippen molar-refractivity contribution in [1.29, 1.82) is 0 Å².